The molecular weight excluding hydrogens is 406 g/mol. The van der Waals surface area contributed by atoms with Gasteiger partial charge in [0.1, 0.15) is 0 Å². The number of anilines is 1. The van der Waals surface area contributed by atoms with E-state index in [0.29, 0.717) is 5.69 Å². The molecular formula is C12H22CaClN3O7S. The van der Waals surface area contributed by atoms with Gasteiger partial charge in [-0.2, -0.15) is 0 Å². The summed E-state index contributed by atoms with van der Waals surface area (Å²) in [7, 11) is -3.58. The van der Waals surface area contributed by atoms with E-state index >= 15 is 0 Å². The molecule has 25 heavy (non-hydrogen) atoms. The maximum Gasteiger partial charge on any atom is 2.00 e. The van der Waals surface area contributed by atoms with Gasteiger partial charge in [-0.3, -0.25) is 0 Å². The summed E-state index contributed by atoms with van der Waals surface area (Å²) < 4.78 is 21.4. The monoisotopic (exact) mass is 427 g/mol. The Morgan fingerprint density at radius 2 is 1.24 bits per heavy atom. The molecule has 0 unspecified atom stereocenters. The fourth-order valence-electron chi connectivity index (χ4n) is 0.658. The van der Waals surface area contributed by atoms with E-state index < -0.39 is 22.0 Å². The summed E-state index contributed by atoms with van der Waals surface area (Å²) in [6, 6.07) is 5.70. The molecule has 0 atom stereocenters. The Morgan fingerprint density at radius 3 is 1.40 bits per heavy atom. The zero-order valence-electron chi connectivity index (χ0n) is 13.9. The number of primary sulfonamides is 1. The topological polar surface area (TPSA) is 213 Å². The maximum atomic E-state index is 10.7. The van der Waals surface area contributed by atoms with E-state index in [2.05, 4.69) is 5.90 Å². The summed E-state index contributed by atoms with van der Waals surface area (Å²) in [5, 5.41) is 29.9. The first kappa shape index (κ1) is 35.4. The molecule has 0 saturated carbocycles. The molecule has 7 N–H and O–H groups in total. The Labute approximate surface area is 182 Å². The van der Waals surface area contributed by atoms with E-state index in [1.54, 1.807) is 0 Å². The van der Waals surface area contributed by atoms with Crippen LogP contribution >= 0.6 is 12.4 Å². The quantitative estimate of drug-likeness (QED) is 0.229. The number of halogens is 1. The van der Waals surface area contributed by atoms with Gasteiger partial charge in [0.05, 0.1) is 4.90 Å². The van der Waals surface area contributed by atoms with Crippen LogP contribution in [0.25, 0.3) is 0 Å². The van der Waals surface area contributed by atoms with Gasteiger partial charge >= 0.3 is 37.7 Å². The van der Waals surface area contributed by atoms with Gasteiger partial charge in [0, 0.05) is 17.6 Å². The van der Waals surface area contributed by atoms with E-state index in [1.165, 1.54) is 38.1 Å². The van der Waals surface area contributed by atoms with Crippen LogP contribution in [0.1, 0.15) is 26.7 Å². The number of nitrogens with two attached hydrogens (primary N) is 3. The Balaban J connectivity index is -0.0000000819. The van der Waals surface area contributed by atoms with Crippen LogP contribution < -0.4 is 27.0 Å². The number of hydrogen-bond donors (Lipinski definition) is 4. The number of carbonyl (C=O) groups excluding carboxylic acids is 2. The van der Waals surface area contributed by atoms with E-state index in [4.69, 9.17) is 16.1 Å². The number of carboxylic acid groups (broad SMARTS) is 2. The summed E-state index contributed by atoms with van der Waals surface area (Å²) >= 11 is 0. The smallest absolute Gasteiger partial charge is 0.550 e. The largest absolute Gasteiger partial charge is 2.00 e. The fourth-order valence-corrected chi connectivity index (χ4v) is 1.17. The van der Waals surface area contributed by atoms with Crippen LogP contribution in [0.4, 0.5) is 5.69 Å². The summed E-state index contributed by atoms with van der Waals surface area (Å²) in [4.78, 5) is 18.6. The number of nitrogen functional groups attached to an aromatic ring is 1. The first-order valence-corrected chi connectivity index (χ1v) is 7.63. The first-order valence-electron chi connectivity index (χ1n) is 6.08. The molecule has 0 bridgehead atoms. The minimum Gasteiger partial charge on any atom is -0.550 e. The number of sulfonamides is 1. The van der Waals surface area contributed by atoms with E-state index in [9.17, 15) is 28.2 Å². The molecule has 0 aromatic heterocycles. The third-order valence-corrected chi connectivity index (χ3v) is 2.72. The summed E-state index contributed by atoms with van der Waals surface area (Å²) in [5.41, 5.74) is 5.85. The van der Waals surface area contributed by atoms with Crippen molar-refractivity contribution < 1.29 is 33.4 Å². The van der Waals surface area contributed by atoms with Gasteiger partial charge in [0.15, 0.2) is 0 Å². The first-order chi connectivity index (χ1) is 10.5. The molecule has 0 radical (unpaired) electrons. The number of aliphatic carboxylic acids is 2. The second-order valence-corrected chi connectivity index (χ2v) is 5.13. The fraction of sp³-hybridized carbons (Fsp3) is 0.333. The Bertz CT molecular complexity index is 542. The van der Waals surface area contributed by atoms with Crippen molar-refractivity contribution in [3.8, 4) is 0 Å². The van der Waals surface area contributed by atoms with Gasteiger partial charge in [-0.1, -0.05) is 13.8 Å². The minimum absolute atomic E-state index is 0. The van der Waals surface area contributed by atoms with E-state index in [-0.39, 0.29) is 67.9 Å². The zero-order valence-corrected chi connectivity index (χ0v) is 17.7. The van der Waals surface area contributed by atoms with Crippen LogP contribution in [0.3, 0.4) is 0 Å². The number of rotatable bonds is 3. The molecule has 0 aliphatic carbocycles. The molecule has 0 aliphatic heterocycles. The zero-order chi connectivity index (χ0) is 19.1. The molecule has 0 amide bonds. The van der Waals surface area contributed by atoms with Crippen molar-refractivity contribution in [1.82, 2.24) is 0 Å². The number of carboxylic acids is 2. The number of benzene rings is 1. The van der Waals surface area contributed by atoms with Crippen LogP contribution in [0, 0.1) is 0 Å². The average molecular weight is 428 g/mol. The van der Waals surface area contributed by atoms with Gasteiger partial charge in [-0.05, 0) is 37.1 Å². The predicted octanol–water partition coefficient (Wildman–Crippen LogP) is -2.42. The molecule has 142 valence electrons. The van der Waals surface area contributed by atoms with Gasteiger partial charge in [0.25, 0.3) is 0 Å². The molecule has 0 saturated heterocycles. The van der Waals surface area contributed by atoms with Crippen LogP contribution in [-0.2, 0) is 19.6 Å². The SMILES string of the molecule is CCC(=O)[O-].CCC(=O)[O-].Cl.NO.Nc1ccc(S(N)(=O)=O)cc1.[Ca+2]. The third kappa shape index (κ3) is 28.4. The second-order valence-electron chi connectivity index (χ2n) is 3.57. The van der Waals surface area contributed by atoms with E-state index in [1.807, 2.05) is 0 Å². The number of hydrogen-bond acceptors (Lipinski definition) is 9. The van der Waals surface area contributed by atoms with Gasteiger partial charge in [-0.15, -0.1) is 12.4 Å². The van der Waals surface area contributed by atoms with Crippen molar-refractivity contribution in [2.75, 3.05) is 5.73 Å². The Hall–Kier alpha value is -0.660. The molecule has 0 heterocycles. The normalized spacial score (nSPS) is 8.20. The molecule has 0 aliphatic rings. The molecule has 1 rings (SSSR count). The molecule has 0 fully saturated rings. The van der Waals surface area contributed by atoms with Crippen molar-refractivity contribution in [1.29, 1.82) is 0 Å². The molecule has 1 aromatic carbocycles. The summed E-state index contributed by atoms with van der Waals surface area (Å²) in [5.74, 6) is 1.51. The van der Waals surface area contributed by atoms with Crippen LogP contribution in [0.5, 0.6) is 0 Å². The average Bonchev–Trinajstić information content (AvgIpc) is 2.50. The van der Waals surface area contributed by atoms with Crippen molar-refractivity contribution in [3.05, 3.63) is 24.3 Å². The van der Waals surface area contributed by atoms with Gasteiger partial charge < -0.3 is 30.7 Å². The van der Waals surface area contributed by atoms with Crippen molar-refractivity contribution >= 4 is 77.8 Å². The van der Waals surface area contributed by atoms with Crippen molar-refractivity contribution in [3.63, 3.8) is 0 Å². The number of carbonyl (C=O) groups is 2. The molecule has 10 nitrogen and oxygen atoms in total. The van der Waals surface area contributed by atoms with Gasteiger partial charge in [-0.25, -0.2) is 19.5 Å². The van der Waals surface area contributed by atoms with Gasteiger partial charge in [0.2, 0.25) is 10.0 Å². The van der Waals surface area contributed by atoms with Crippen LogP contribution in [-0.4, -0.2) is 63.3 Å². The molecule has 0 spiro atoms. The van der Waals surface area contributed by atoms with Crippen molar-refractivity contribution in [2.24, 2.45) is 11.0 Å². The Kier molecular flexibility index (Phi) is 30.3. The molecule has 1 aromatic rings. The summed E-state index contributed by atoms with van der Waals surface area (Å²) in [6.07, 6.45) is 0.222. The van der Waals surface area contributed by atoms with Crippen molar-refractivity contribution in [2.45, 2.75) is 31.6 Å². The summed E-state index contributed by atoms with van der Waals surface area (Å²) in [6.45, 7) is 3.07. The third-order valence-electron chi connectivity index (χ3n) is 1.79. The van der Waals surface area contributed by atoms with E-state index in [0.717, 1.165) is 0 Å². The molecule has 13 heteroatoms. The minimum atomic E-state index is -3.58. The van der Waals surface area contributed by atoms with Crippen LogP contribution in [0.2, 0.25) is 0 Å². The predicted molar refractivity (Wildman–Crippen MR) is 91.8 cm³/mol. The Morgan fingerprint density at radius 1 is 1.00 bits per heavy atom. The standard InChI is InChI=1S/C6H8N2O2S.2C3H6O2.Ca.ClH.H3NO/c7-5-1-3-6(4-2-5)11(8,9)10;2*1-2-3(4)5;;;1-2/h1-4H,7H2,(H2,8,9,10);2*2H2,1H3,(H,4,5);;1H;2H,1H2/q;;;+2;;/p-2. The second kappa shape index (κ2) is 21.4. The van der Waals surface area contributed by atoms with Crippen LogP contribution in [0.15, 0.2) is 29.2 Å². The maximum absolute atomic E-state index is 10.7.